The summed E-state index contributed by atoms with van der Waals surface area (Å²) in [7, 11) is 0. The molecule has 0 unspecified atom stereocenters. The molecule has 0 radical (unpaired) electrons. The molecule has 0 aliphatic rings. The van der Waals surface area contributed by atoms with Gasteiger partial charge in [-0.1, -0.05) is 17.7 Å². The van der Waals surface area contributed by atoms with Crippen molar-refractivity contribution in [2.75, 3.05) is 11.9 Å². The average molecular weight is 290 g/mol. The molecule has 0 saturated heterocycles. The van der Waals surface area contributed by atoms with E-state index in [1.807, 2.05) is 31.2 Å². The first-order chi connectivity index (χ1) is 9.70. The zero-order valence-corrected chi connectivity index (χ0v) is 11.9. The van der Waals surface area contributed by atoms with Gasteiger partial charge in [0, 0.05) is 23.5 Å². The lowest BCUT2D eigenvalue weighted by atomic mass is 10.1. The summed E-state index contributed by atoms with van der Waals surface area (Å²) in [5.41, 5.74) is 2.12. The number of nitrogens with one attached hydrogen (secondary N) is 2. The van der Waals surface area contributed by atoms with Crippen LogP contribution in [-0.4, -0.2) is 17.4 Å². The minimum atomic E-state index is -0.172. The molecule has 1 aromatic carbocycles. The highest BCUT2D eigenvalue weighted by atomic mass is 35.5. The van der Waals surface area contributed by atoms with Crippen molar-refractivity contribution in [2.24, 2.45) is 0 Å². The number of carbonyl (C=O) groups excluding carboxylic acids is 1. The lowest BCUT2D eigenvalue weighted by Crippen LogP contribution is -2.24. The Morgan fingerprint density at radius 2 is 2.15 bits per heavy atom. The van der Waals surface area contributed by atoms with Crippen LogP contribution < -0.4 is 10.6 Å². The van der Waals surface area contributed by atoms with Gasteiger partial charge >= 0.3 is 0 Å². The predicted molar refractivity (Wildman–Crippen MR) is 81.0 cm³/mol. The molecule has 2 aromatic rings. The second-order valence-corrected chi connectivity index (χ2v) is 4.66. The second kappa shape index (κ2) is 6.91. The van der Waals surface area contributed by atoms with Gasteiger partial charge in [0.1, 0.15) is 0 Å². The third-order valence-electron chi connectivity index (χ3n) is 2.75. The van der Waals surface area contributed by atoms with Crippen molar-refractivity contribution in [1.82, 2.24) is 10.3 Å². The topological polar surface area (TPSA) is 54.0 Å². The number of rotatable bonds is 5. The third-order valence-corrected chi connectivity index (χ3v) is 2.98. The molecular weight excluding hydrogens is 274 g/mol. The van der Waals surface area contributed by atoms with E-state index in [4.69, 9.17) is 11.6 Å². The summed E-state index contributed by atoms with van der Waals surface area (Å²) < 4.78 is 0. The Morgan fingerprint density at radius 3 is 2.85 bits per heavy atom. The number of pyridine rings is 1. The van der Waals surface area contributed by atoms with E-state index < -0.39 is 0 Å². The van der Waals surface area contributed by atoms with Gasteiger partial charge in [0.2, 0.25) is 0 Å². The maximum atomic E-state index is 12.2. The van der Waals surface area contributed by atoms with Gasteiger partial charge in [-0.05, 0) is 37.3 Å². The van der Waals surface area contributed by atoms with Crippen LogP contribution >= 0.6 is 11.6 Å². The standard InChI is InChI=1S/C15H16ClN3O/c1-2-17-14-7-6-11(16)9-13(14)15(20)19-10-12-5-3-4-8-18-12/h3-9,17H,2,10H2,1H3,(H,19,20). The molecule has 0 spiro atoms. The Hall–Kier alpha value is -2.07. The number of amides is 1. The van der Waals surface area contributed by atoms with Crippen LogP contribution in [0.4, 0.5) is 5.69 Å². The Morgan fingerprint density at radius 1 is 1.30 bits per heavy atom. The van der Waals surface area contributed by atoms with Gasteiger partial charge in [-0.2, -0.15) is 0 Å². The van der Waals surface area contributed by atoms with E-state index in [-0.39, 0.29) is 5.91 Å². The highest BCUT2D eigenvalue weighted by Crippen LogP contribution is 2.20. The Kier molecular flexibility index (Phi) is 4.96. The molecular formula is C15H16ClN3O. The van der Waals surface area contributed by atoms with E-state index in [0.717, 1.165) is 17.9 Å². The van der Waals surface area contributed by atoms with Crippen LogP contribution in [-0.2, 0) is 6.54 Å². The average Bonchev–Trinajstić information content (AvgIpc) is 2.48. The van der Waals surface area contributed by atoms with Gasteiger partial charge in [0.15, 0.2) is 0 Å². The summed E-state index contributed by atoms with van der Waals surface area (Å²) in [6.45, 7) is 3.10. The monoisotopic (exact) mass is 289 g/mol. The Bertz CT molecular complexity index is 587. The molecule has 2 N–H and O–H groups in total. The fraction of sp³-hybridized carbons (Fsp3) is 0.200. The number of benzene rings is 1. The molecule has 20 heavy (non-hydrogen) atoms. The minimum Gasteiger partial charge on any atom is -0.385 e. The molecule has 104 valence electrons. The molecule has 0 fully saturated rings. The number of hydrogen-bond acceptors (Lipinski definition) is 3. The van der Waals surface area contributed by atoms with Crippen LogP contribution in [0.5, 0.6) is 0 Å². The molecule has 4 nitrogen and oxygen atoms in total. The van der Waals surface area contributed by atoms with E-state index in [0.29, 0.717) is 17.1 Å². The summed E-state index contributed by atoms with van der Waals surface area (Å²) in [4.78, 5) is 16.4. The van der Waals surface area contributed by atoms with Crippen LogP contribution in [0.15, 0.2) is 42.6 Å². The van der Waals surface area contributed by atoms with Crippen LogP contribution in [0.25, 0.3) is 0 Å². The number of aromatic nitrogens is 1. The minimum absolute atomic E-state index is 0.172. The number of nitrogens with zero attached hydrogens (tertiary/aromatic N) is 1. The lowest BCUT2D eigenvalue weighted by molar-refractivity contribution is 0.0951. The Labute approximate surface area is 123 Å². The highest BCUT2D eigenvalue weighted by Gasteiger charge is 2.11. The molecule has 1 amide bonds. The van der Waals surface area contributed by atoms with Crippen molar-refractivity contribution in [3.05, 3.63) is 58.9 Å². The van der Waals surface area contributed by atoms with Crippen molar-refractivity contribution in [1.29, 1.82) is 0 Å². The van der Waals surface area contributed by atoms with Crippen molar-refractivity contribution in [3.63, 3.8) is 0 Å². The van der Waals surface area contributed by atoms with Crippen LogP contribution in [0.3, 0.4) is 0 Å². The van der Waals surface area contributed by atoms with Gasteiger partial charge < -0.3 is 10.6 Å². The molecule has 1 heterocycles. The first kappa shape index (κ1) is 14.3. The predicted octanol–water partition coefficient (Wildman–Crippen LogP) is 3.10. The zero-order valence-electron chi connectivity index (χ0n) is 11.2. The lowest BCUT2D eigenvalue weighted by Gasteiger charge is -2.11. The first-order valence-electron chi connectivity index (χ1n) is 6.42. The molecule has 0 saturated carbocycles. The highest BCUT2D eigenvalue weighted by molar-refractivity contribution is 6.31. The number of anilines is 1. The molecule has 2 rings (SSSR count). The van der Waals surface area contributed by atoms with Gasteiger partial charge in [-0.3, -0.25) is 9.78 Å². The molecule has 1 aromatic heterocycles. The molecule has 0 bridgehead atoms. The Balaban J connectivity index is 2.10. The fourth-order valence-electron chi connectivity index (χ4n) is 1.82. The van der Waals surface area contributed by atoms with Crippen LogP contribution in [0, 0.1) is 0 Å². The number of hydrogen-bond donors (Lipinski definition) is 2. The fourth-order valence-corrected chi connectivity index (χ4v) is 1.99. The number of halogens is 1. The maximum Gasteiger partial charge on any atom is 0.253 e. The molecule has 5 heteroatoms. The quantitative estimate of drug-likeness (QED) is 0.889. The number of carbonyl (C=O) groups is 1. The van der Waals surface area contributed by atoms with Gasteiger partial charge in [0.05, 0.1) is 17.8 Å². The summed E-state index contributed by atoms with van der Waals surface area (Å²) in [5, 5.41) is 6.53. The van der Waals surface area contributed by atoms with Crippen molar-refractivity contribution in [2.45, 2.75) is 13.5 Å². The normalized spacial score (nSPS) is 10.1. The van der Waals surface area contributed by atoms with Gasteiger partial charge in [-0.25, -0.2) is 0 Å². The zero-order chi connectivity index (χ0) is 14.4. The SMILES string of the molecule is CCNc1ccc(Cl)cc1C(=O)NCc1ccccn1. The summed E-state index contributed by atoms with van der Waals surface area (Å²) in [5.74, 6) is -0.172. The smallest absolute Gasteiger partial charge is 0.253 e. The van der Waals surface area contributed by atoms with E-state index in [2.05, 4.69) is 15.6 Å². The molecule has 0 atom stereocenters. The van der Waals surface area contributed by atoms with Crippen LogP contribution in [0.1, 0.15) is 23.0 Å². The summed E-state index contributed by atoms with van der Waals surface area (Å²) >= 11 is 5.96. The molecule has 0 aliphatic carbocycles. The van der Waals surface area contributed by atoms with Crippen LogP contribution in [0.2, 0.25) is 5.02 Å². The van der Waals surface area contributed by atoms with E-state index in [1.165, 1.54) is 0 Å². The van der Waals surface area contributed by atoms with Gasteiger partial charge in [0.25, 0.3) is 5.91 Å². The second-order valence-electron chi connectivity index (χ2n) is 4.22. The van der Waals surface area contributed by atoms with E-state index >= 15 is 0 Å². The van der Waals surface area contributed by atoms with E-state index in [1.54, 1.807) is 18.3 Å². The third kappa shape index (κ3) is 3.71. The maximum absolute atomic E-state index is 12.2. The van der Waals surface area contributed by atoms with Crippen molar-refractivity contribution >= 4 is 23.2 Å². The molecule has 0 aliphatic heterocycles. The van der Waals surface area contributed by atoms with E-state index in [9.17, 15) is 4.79 Å². The van der Waals surface area contributed by atoms with Gasteiger partial charge in [-0.15, -0.1) is 0 Å². The summed E-state index contributed by atoms with van der Waals surface area (Å²) in [6, 6.07) is 10.8. The largest absolute Gasteiger partial charge is 0.385 e. The van der Waals surface area contributed by atoms with Crippen molar-refractivity contribution < 1.29 is 4.79 Å². The van der Waals surface area contributed by atoms with Crippen molar-refractivity contribution in [3.8, 4) is 0 Å². The summed E-state index contributed by atoms with van der Waals surface area (Å²) in [6.07, 6.45) is 1.70. The first-order valence-corrected chi connectivity index (χ1v) is 6.80.